The molecule has 98 valence electrons. The second kappa shape index (κ2) is 6.17. The summed E-state index contributed by atoms with van der Waals surface area (Å²) in [5.74, 6) is -0.882. The summed E-state index contributed by atoms with van der Waals surface area (Å²) < 4.78 is 0. The molecule has 2 aromatic carbocycles. The molecule has 0 aromatic heterocycles. The van der Waals surface area contributed by atoms with Gasteiger partial charge in [0, 0.05) is 14.7 Å². The van der Waals surface area contributed by atoms with Gasteiger partial charge >= 0.3 is 5.97 Å². The zero-order valence-electron chi connectivity index (χ0n) is 10.7. The molecule has 19 heavy (non-hydrogen) atoms. The molecule has 0 unspecified atom stereocenters. The van der Waals surface area contributed by atoms with E-state index in [2.05, 4.69) is 0 Å². The molecule has 0 bridgehead atoms. The Labute approximate surface area is 121 Å². The third-order valence-corrected chi connectivity index (χ3v) is 4.48. The molecule has 0 saturated carbocycles. The lowest BCUT2D eigenvalue weighted by molar-refractivity contribution is 0.0693. The topological polar surface area (TPSA) is 37.3 Å². The van der Waals surface area contributed by atoms with Crippen molar-refractivity contribution in [3.05, 3.63) is 53.6 Å². The van der Waals surface area contributed by atoms with Crippen LogP contribution in [0.2, 0.25) is 0 Å². The van der Waals surface area contributed by atoms with Gasteiger partial charge in [-0.05, 0) is 49.6 Å². The third-order valence-electron chi connectivity index (χ3n) is 2.65. The predicted octanol–water partition coefficient (Wildman–Crippen LogP) is 4.57. The van der Waals surface area contributed by atoms with Gasteiger partial charge in [-0.25, -0.2) is 4.79 Å². The van der Waals surface area contributed by atoms with Crippen molar-refractivity contribution in [2.45, 2.75) is 21.6 Å². The zero-order valence-corrected chi connectivity index (χ0v) is 12.3. The van der Waals surface area contributed by atoms with Gasteiger partial charge in [-0.2, -0.15) is 0 Å². The van der Waals surface area contributed by atoms with E-state index in [1.807, 2.05) is 49.6 Å². The average Bonchev–Trinajstić information content (AvgIpc) is 2.41. The molecule has 2 rings (SSSR count). The maximum Gasteiger partial charge on any atom is 0.336 e. The number of hydrogen-bond acceptors (Lipinski definition) is 3. The summed E-state index contributed by atoms with van der Waals surface area (Å²) in [5, 5.41) is 9.23. The first kappa shape index (κ1) is 14.0. The molecule has 0 aliphatic carbocycles. The molecule has 0 atom stereocenters. The van der Waals surface area contributed by atoms with Gasteiger partial charge in [0.25, 0.3) is 0 Å². The van der Waals surface area contributed by atoms with Crippen molar-refractivity contribution in [2.75, 3.05) is 6.26 Å². The van der Waals surface area contributed by atoms with Crippen molar-refractivity contribution in [1.29, 1.82) is 0 Å². The normalized spacial score (nSPS) is 10.4. The Bertz CT molecular complexity index is 592. The van der Waals surface area contributed by atoms with Crippen molar-refractivity contribution in [2.24, 2.45) is 0 Å². The first-order chi connectivity index (χ1) is 9.10. The standard InChI is InChI=1S/C15H14O2S2/c1-10-3-8-14(13(9-10)15(16)17)19-12-6-4-11(18-2)5-7-12/h3-9H,1-2H3,(H,16,17). The van der Waals surface area contributed by atoms with Gasteiger partial charge in [0.15, 0.2) is 0 Å². The van der Waals surface area contributed by atoms with Gasteiger partial charge in [0.05, 0.1) is 5.56 Å². The SMILES string of the molecule is CSc1ccc(Sc2ccc(C)cc2C(=O)O)cc1. The Hall–Kier alpha value is -1.39. The Kier molecular flexibility index (Phi) is 4.56. The zero-order chi connectivity index (χ0) is 13.8. The second-order valence-electron chi connectivity index (χ2n) is 4.08. The molecule has 2 aromatic rings. The Morgan fingerprint density at radius 2 is 1.68 bits per heavy atom. The highest BCUT2D eigenvalue weighted by Crippen LogP contribution is 2.32. The van der Waals surface area contributed by atoms with E-state index in [-0.39, 0.29) is 0 Å². The van der Waals surface area contributed by atoms with Crippen LogP contribution in [-0.4, -0.2) is 17.3 Å². The van der Waals surface area contributed by atoms with Crippen LogP contribution in [-0.2, 0) is 0 Å². The van der Waals surface area contributed by atoms with E-state index >= 15 is 0 Å². The highest BCUT2D eigenvalue weighted by atomic mass is 32.2. The van der Waals surface area contributed by atoms with E-state index in [1.54, 1.807) is 17.8 Å². The van der Waals surface area contributed by atoms with Gasteiger partial charge in [0.2, 0.25) is 0 Å². The van der Waals surface area contributed by atoms with Crippen LogP contribution < -0.4 is 0 Å². The number of hydrogen-bond donors (Lipinski definition) is 1. The lowest BCUT2D eigenvalue weighted by atomic mass is 10.1. The van der Waals surface area contributed by atoms with Crippen LogP contribution in [0.3, 0.4) is 0 Å². The Morgan fingerprint density at radius 1 is 1.05 bits per heavy atom. The summed E-state index contributed by atoms with van der Waals surface area (Å²) in [7, 11) is 0. The minimum Gasteiger partial charge on any atom is -0.478 e. The van der Waals surface area contributed by atoms with Gasteiger partial charge in [-0.15, -0.1) is 11.8 Å². The van der Waals surface area contributed by atoms with E-state index in [1.165, 1.54) is 16.7 Å². The fraction of sp³-hybridized carbons (Fsp3) is 0.133. The van der Waals surface area contributed by atoms with Crippen molar-refractivity contribution in [3.63, 3.8) is 0 Å². The maximum atomic E-state index is 11.2. The van der Waals surface area contributed by atoms with Crippen molar-refractivity contribution in [1.82, 2.24) is 0 Å². The van der Waals surface area contributed by atoms with Gasteiger partial charge in [-0.1, -0.05) is 23.4 Å². The van der Waals surface area contributed by atoms with Crippen LogP contribution in [0.25, 0.3) is 0 Å². The van der Waals surface area contributed by atoms with E-state index < -0.39 is 5.97 Å². The molecule has 0 fully saturated rings. The molecule has 0 spiro atoms. The van der Waals surface area contributed by atoms with Crippen LogP contribution in [0, 0.1) is 6.92 Å². The van der Waals surface area contributed by atoms with Gasteiger partial charge in [0.1, 0.15) is 0 Å². The smallest absolute Gasteiger partial charge is 0.336 e. The number of carboxylic acid groups (broad SMARTS) is 1. The number of thioether (sulfide) groups is 1. The molecule has 0 heterocycles. The fourth-order valence-electron chi connectivity index (χ4n) is 1.67. The predicted molar refractivity (Wildman–Crippen MR) is 80.5 cm³/mol. The van der Waals surface area contributed by atoms with Crippen molar-refractivity contribution < 1.29 is 9.90 Å². The summed E-state index contributed by atoms with van der Waals surface area (Å²) in [5.41, 5.74) is 1.32. The molecule has 0 radical (unpaired) electrons. The number of rotatable bonds is 4. The highest BCUT2D eigenvalue weighted by Gasteiger charge is 2.11. The van der Waals surface area contributed by atoms with Gasteiger partial charge < -0.3 is 5.11 Å². The number of benzene rings is 2. The van der Waals surface area contributed by atoms with Crippen LogP contribution in [0.15, 0.2) is 57.2 Å². The molecular formula is C15H14O2S2. The maximum absolute atomic E-state index is 11.2. The summed E-state index contributed by atoms with van der Waals surface area (Å²) in [6.07, 6.45) is 2.03. The van der Waals surface area contributed by atoms with Crippen molar-refractivity contribution >= 4 is 29.5 Å². The Balaban J connectivity index is 2.29. The first-order valence-electron chi connectivity index (χ1n) is 5.76. The molecule has 0 saturated heterocycles. The minimum atomic E-state index is -0.882. The molecule has 0 aliphatic rings. The van der Waals surface area contributed by atoms with Crippen LogP contribution in [0.5, 0.6) is 0 Å². The van der Waals surface area contributed by atoms with E-state index in [0.717, 1.165) is 15.4 Å². The lowest BCUT2D eigenvalue weighted by Crippen LogP contribution is -1.99. The van der Waals surface area contributed by atoms with Crippen molar-refractivity contribution in [3.8, 4) is 0 Å². The molecule has 4 heteroatoms. The van der Waals surface area contributed by atoms with Crippen LogP contribution in [0.1, 0.15) is 15.9 Å². The molecule has 2 nitrogen and oxygen atoms in total. The highest BCUT2D eigenvalue weighted by molar-refractivity contribution is 7.99. The second-order valence-corrected chi connectivity index (χ2v) is 6.08. The van der Waals surface area contributed by atoms with E-state index in [0.29, 0.717) is 5.56 Å². The largest absolute Gasteiger partial charge is 0.478 e. The van der Waals surface area contributed by atoms with E-state index in [9.17, 15) is 9.90 Å². The molecule has 1 N–H and O–H groups in total. The minimum absolute atomic E-state index is 0.360. The fourth-order valence-corrected chi connectivity index (χ4v) is 3.00. The number of carbonyl (C=O) groups is 1. The first-order valence-corrected chi connectivity index (χ1v) is 7.80. The summed E-state index contributed by atoms with van der Waals surface area (Å²) in [4.78, 5) is 14.3. The van der Waals surface area contributed by atoms with Gasteiger partial charge in [-0.3, -0.25) is 0 Å². The number of aromatic carboxylic acids is 1. The monoisotopic (exact) mass is 290 g/mol. The number of aryl methyl sites for hydroxylation is 1. The number of carboxylic acids is 1. The molecular weight excluding hydrogens is 276 g/mol. The lowest BCUT2D eigenvalue weighted by Gasteiger charge is -2.07. The average molecular weight is 290 g/mol. The molecule has 0 aliphatic heterocycles. The van der Waals surface area contributed by atoms with Crippen LogP contribution >= 0.6 is 23.5 Å². The summed E-state index contributed by atoms with van der Waals surface area (Å²) in [6, 6.07) is 13.6. The summed E-state index contributed by atoms with van der Waals surface area (Å²) in [6.45, 7) is 1.90. The summed E-state index contributed by atoms with van der Waals surface area (Å²) >= 11 is 3.17. The van der Waals surface area contributed by atoms with E-state index in [4.69, 9.17) is 0 Å². The molecule has 0 amide bonds. The van der Waals surface area contributed by atoms with Crippen LogP contribution in [0.4, 0.5) is 0 Å². The third kappa shape index (κ3) is 3.55. The quantitative estimate of drug-likeness (QED) is 0.837. The Morgan fingerprint density at radius 3 is 2.26 bits per heavy atom.